The summed E-state index contributed by atoms with van der Waals surface area (Å²) < 4.78 is 191. The molecule has 2 aliphatic rings. The lowest BCUT2D eigenvalue weighted by Gasteiger charge is -2.22. The fraction of sp³-hybridized carbons (Fsp3) is 0.529. The van der Waals surface area contributed by atoms with E-state index in [1.54, 1.807) is 6.07 Å². The number of alkyl halides is 11. The van der Waals surface area contributed by atoms with Crippen LogP contribution < -0.4 is 0 Å². The van der Waals surface area contributed by atoms with E-state index in [-0.39, 0.29) is 24.0 Å². The molecular formula is C34H37F11N2O10S2. The number of hydrogen-bond acceptors (Lipinski definition) is 12. The van der Waals surface area contributed by atoms with Gasteiger partial charge >= 0.3 is 57.4 Å². The zero-order valence-electron chi connectivity index (χ0n) is 30.4. The standard InChI is InChI=1S/C17H18F5NO5S.C9H13F3O2.C8H6F3NO.O2S/c18-16(19,20)14(13-9-5-2-6-10-13)23-28-29(25,26)17(21,22)15(24)27-11-12-7-3-1-4-8-12;10-9(11,12)8(13)14-6-7-4-2-1-3-5-7;9-8(10,11)7(12-13)6-4-2-1-3-5-6;1-3-2/h2,5-6,9-10,12H,1,3-4,7-8,11H2;7H,1-6H2;1-5,13H;/b23-14-;;12-7-;. The first-order valence-corrected chi connectivity index (χ1v) is 19.2. The zero-order chi connectivity index (χ0) is 44.9. The highest BCUT2D eigenvalue weighted by Gasteiger charge is 2.58. The predicted octanol–water partition coefficient (Wildman–Crippen LogP) is 8.44. The van der Waals surface area contributed by atoms with Gasteiger partial charge in [-0.2, -0.15) is 65.1 Å². The van der Waals surface area contributed by atoms with Gasteiger partial charge in [-0.3, -0.25) is 4.28 Å². The van der Waals surface area contributed by atoms with E-state index >= 15 is 0 Å². The minimum absolute atomic E-state index is 0.0850. The summed E-state index contributed by atoms with van der Waals surface area (Å²) in [6.07, 6.45) is -5.88. The highest BCUT2D eigenvalue weighted by molar-refractivity contribution is 7.88. The molecule has 0 bridgehead atoms. The van der Waals surface area contributed by atoms with Crippen LogP contribution in [0.2, 0.25) is 0 Å². The van der Waals surface area contributed by atoms with Gasteiger partial charge in [-0.1, -0.05) is 110 Å². The molecule has 0 atom stereocenters. The molecule has 12 nitrogen and oxygen atoms in total. The van der Waals surface area contributed by atoms with Crippen LogP contribution >= 0.6 is 0 Å². The number of ether oxygens (including phenoxy) is 2. The number of esters is 2. The van der Waals surface area contributed by atoms with Crippen molar-refractivity contribution in [2.45, 2.75) is 88.0 Å². The van der Waals surface area contributed by atoms with Crippen molar-refractivity contribution < 1.29 is 93.7 Å². The summed E-state index contributed by atoms with van der Waals surface area (Å²) in [5.74, 6) is -4.55. The van der Waals surface area contributed by atoms with Gasteiger partial charge in [-0.05, 0) is 37.5 Å². The normalized spacial score (nSPS) is 16.1. The van der Waals surface area contributed by atoms with Crippen LogP contribution in [0, 0.1) is 11.8 Å². The summed E-state index contributed by atoms with van der Waals surface area (Å²) in [5.41, 5.74) is -3.91. The zero-order valence-corrected chi connectivity index (χ0v) is 32.0. The molecule has 59 heavy (non-hydrogen) atoms. The molecule has 2 aromatic rings. The Bertz CT molecular complexity index is 1790. The van der Waals surface area contributed by atoms with Crippen molar-refractivity contribution in [3.63, 3.8) is 0 Å². The Hall–Kier alpha value is -4.68. The molecule has 0 spiro atoms. The monoisotopic (exact) mass is 906 g/mol. The van der Waals surface area contributed by atoms with Crippen LogP contribution in [0.5, 0.6) is 0 Å². The Labute approximate surface area is 333 Å². The molecule has 0 aliphatic heterocycles. The molecule has 4 rings (SSSR count). The summed E-state index contributed by atoms with van der Waals surface area (Å²) in [5, 5.41) is 7.53. The van der Waals surface area contributed by atoms with Gasteiger partial charge in [0, 0.05) is 11.1 Å². The molecular weight excluding hydrogens is 869 g/mol. The third-order valence-corrected chi connectivity index (χ3v) is 9.16. The van der Waals surface area contributed by atoms with E-state index in [1.165, 1.54) is 42.5 Å². The summed E-state index contributed by atoms with van der Waals surface area (Å²) in [7, 11) is -6.17. The summed E-state index contributed by atoms with van der Waals surface area (Å²) >= 11 is -0.750. The van der Waals surface area contributed by atoms with Gasteiger partial charge in [0.05, 0.1) is 13.2 Å². The topological polar surface area (TPSA) is 175 Å². The Balaban J connectivity index is 0.000000481. The van der Waals surface area contributed by atoms with Crippen molar-refractivity contribution in [2.75, 3.05) is 13.2 Å². The van der Waals surface area contributed by atoms with Crippen LogP contribution in [0.15, 0.2) is 71.0 Å². The van der Waals surface area contributed by atoms with E-state index in [2.05, 4.69) is 24.1 Å². The number of oxime groups is 2. The van der Waals surface area contributed by atoms with Crippen molar-refractivity contribution in [3.05, 3.63) is 71.8 Å². The molecule has 0 unspecified atom stereocenters. The quantitative estimate of drug-likeness (QED) is 0.0801. The van der Waals surface area contributed by atoms with E-state index in [0.29, 0.717) is 12.8 Å². The Morgan fingerprint density at radius 3 is 1.31 bits per heavy atom. The van der Waals surface area contributed by atoms with E-state index in [4.69, 9.17) is 13.6 Å². The van der Waals surface area contributed by atoms with Crippen molar-refractivity contribution in [1.29, 1.82) is 0 Å². The molecule has 0 aromatic heterocycles. The van der Waals surface area contributed by atoms with E-state index in [0.717, 1.165) is 63.5 Å². The summed E-state index contributed by atoms with van der Waals surface area (Å²) in [6, 6.07) is 12.5. The van der Waals surface area contributed by atoms with E-state index in [9.17, 15) is 66.3 Å². The smallest absolute Gasteiger partial charge is 0.460 e. The van der Waals surface area contributed by atoms with E-state index in [1.807, 2.05) is 0 Å². The molecule has 2 aliphatic carbocycles. The lowest BCUT2D eigenvalue weighted by molar-refractivity contribution is -0.201. The fourth-order valence-electron chi connectivity index (χ4n) is 5.23. The first kappa shape index (κ1) is 52.3. The second-order valence-electron chi connectivity index (χ2n) is 12.4. The Morgan fingerprint density at radius 1 is 0.610 bits per heavy atom. The lowest BCUT2D eigenvalue weighted by Crippen LogP contribution is -2.41. The third-order valence-electron chi connectivity index (χ3n) is 8.09. The van der Waals surface area contributed by atoms with Crippen LogP contribution in [-0.4, -0.2) is 82.4 Å². The predicted molar refractivity (Wildman–Crippen MR) is 185 cm³/mol. The number of halogens is 11. The van der Waals surface area contributed by atoms with Crippen molar-refractivity contribution >= 4 is 45.1 Å². The molecule has 0 heterocycles. The average Bonchev–Trinajstić information content (AvgIpc) is 3.17. The third kappa shape index (κ3) is 18.8. The number of carbonyl (C=O) groups is 2. The average molecular weight is 907 g/mol. The SMILES string of the molecule is O/N=C(/c1ccccc1)C(F)(F)F.O=C(OCC1CCCCC1)C(F)(F)F.O=C(OCC1CCCCC1)C(F)(F)S(=O)(=O)O/N=C(/c1ccccc1)C(F)(F)F.O=S=O. The van der Waals surface area contributed by atoms with Crippen LogP contribution in [0.1, 0.15) is 75.3 Å². The van der Waals surface area contributed by atoms with Gasteiger partial charge in [0.1, 0.15) is 0 Å². The molecule has 0 amide bonds. The number of hydrogen-bond donors (Lipinski definition) is 1. The molecule has 0 saturated heterocycles. The van der Waals surface area contributed by atoms with E-state index < -0.39 is 81.0 Å². The Morgan fingerprint density at radius 2 is 0.966 bits per heavy atom. The number of benzene rings is 2. The maximum absolute atomic E-state index is 14.0. The molecule has 2 saturated carbocycles. The first-order valence-electron chi connectivity index (χ1n) is 17.1. The fourth-order valence-corrected chi connectivity index (χ4v) is 5.76. The minimum Gasteiger partial charge on any atom is -0.460 e. The van der Waals surface area contributed by atoms with Crippen molar-refractivity contribution in [3.8, 4) is 0 Å². The number of rotatable bonds is 10. The van der Waals surface area contributed by atoms with Gasteiger partial charge in [0.2, 0.25) is 0 Å². The maximum Gasteiger partial charge on any atom is 0.490 e. The number of carbonyl (C=O) groups excluding carboxylic acids is 2. The van der Waals surface area contributed by atoms with Crippen LogP contribution in [0.25, 0.3) is 0 Å². The molecule has 1 N–H and O–H groups in total. The van der Waals surface area contributed by atoms with Gasteiger partial charge < -0.3 is 14.7 Å². The molecule has 2 aromatic carbocycles. The van der Waals surface area contributed by atoms with Crippen molar-refractivity contribution in [1.82, 2.24) is 0 Å². The lowest BCUT2D eigenvalue weighted by atomic mass is 9.90. The molecule has 25 heteroatoms. The van der Waals surface area contributed by atoms with Crippen LogP contribution in [-0.2, 0) is 45.0 Å². The molecule has 2 fully saturated rings. The van der Waals surface area contributed by atoms with Gasteiger partial charge in [-0.15, -0.1) is 0 Å². The Kier molecular flexibility index (Phi) is 21.7. The molecule has 332 valence electrons. The number of nitrogens with zero attached hydrogens (tertiary/aromatic N) is 2. The second kappa shape index (κ2) is 24.4. The highest BCUT2D eigenvalue weighted by Crippen LogP contribution is 2.30. The van der Waals surface area contributed by atoms with Crippen LogP contribution in [0.3, 0.4) is 0 Å². The van der Waals surface area contributed by atoms with Crippen molar-refractivity contribution in [2.24, 2.45) is 22.1 Å². The van der Waals surface area contributed by atoms with Gasteiger partial charge in [0.15, 0.2) is 11.4 Å². The second-order valence-corrected chi connectivity index (χ2v) is 14.1. The van der Waals surface area contributed by atoms with Crippen LogP contribution in [0.4, 0.5) is 48.3 Å². The highest BCUT2D eigenvalue weighted by atomic mass is 32.2. The minimum atomic E-state index is -6.17. The largest absolute Gasteiger partial charge is 0.490 e. The molecule has 0 radical (unpaired) electrons. The maximum atomic E-state index is 14.0. The van der Waals surface area contributed by atoms with Gasteiger partial charge in [0.25, 0.3) is 0 Å². The summed E-state index contributed by atoms with van der Waals surface area (Å²) in [6.45, 7) is -0.497. The summed E-state index contributed by atoms with van der Waals surface area (Å²) in [4.78, 5) is 21.9. The first-order chi connectivity index (χ1) is 27.4. The van der Waals surface area contributed by atoms with Gasteiger partial charge in [-0.25, -0.2) is 9.59 Å².